The van der Waals surface area contributed by atoms with Crippen molar-refractivity contribution < 1.29 is 9.90 Å². The summed E-state index contributed by atoms with van der Waals surface area (Å²) in [6.07, 6.45) is 0.425. The zero-order valence-electron chi connectivity index (χ0n) is 10.1. The largest absolute Gasteiger partial charge is 0.480 e. The van der Waals surface area contributed by atoms with Crippen LogP contribution in [0.25, 0.3) is 0 Å². The van der Waals surface area contributed by atoms with Gasteiger partial charge < -0.3 is 10.4 Å². The summed E-state index contributed by atoms with van der Waals surface area (Å²) < 4.78 is 0. The molecule has 1 unspecified atom stereocenters. The van der Waals surface area contributed by atoms with Crippen molar-refractivity contribution in [2.24, 2.45) is 0 Å². The minimum Gasteiger partial charge on any atom is -0.480 e. The number of aliphatic carboxylic acids is 1. The summed E-state index contributed by atoms with van der Waals surface area (Å²) in [7, 11) is 0. The van der Waals surface area contributed by atoms with Crippen molar-refractivity contribution in [1.29, 1.82) is 5.26 Å². The summed E-state index contributed by atoms with van der Waals surface area (Å²) in [5.74, 6) is -0.600. The lowest BCUT2D eigenvalue weighted by molar-refractivity contribution is -0.137. The molecule has 2 N–H and O–H groups in total. The Morgan fingerprint density at radius 1 is 1.65 bits per heavy atom. The molecule has 5 nitrogen and oxygen atoms in total. The standard InChI is InChI=1S/C12H15N3O2/c1-4-10(12(16)17)15-11-9(6-13)7(2)5-8(3)14-11/h5,10H,4H2,1-3H3,(H,14,15)(H,16,17). The first-order valence-electron chi connectivity index (χ1n) is 5.37. The average molecular weight is 233 g/mol. The van der Waals surface area contributed by atoms with Crippen LogP contribution >= 0.6 is 0 Å². The first-order valence-corrected chi connectivity index (χ1v) is 5.37. The number of hydrogen-bond donors (Lipinski definition) is 2. The van der Waals surface area contributed by atoms with Crippen molar-refractivity contribution in [3.05, 3.63) is 22.9 Å². The maximum Gasteiger partial charge on any atom is 0.326 e. The highest BCUT2D eigenvalue weighted by Gasteiger charge is 2.18. The van der Waals surface area contributed by atoms with Crippen LogP contribution in [0.3, 0.4) is 0 Å². The Kier molecular flexibility index (Phi) is 4.05. The molecule has 1 heterocycles. The van der Waals surface area contributed by atoms with Crippen LogP contribution in [0.15, 0.2) is 6.07 Å². The Morgan fingerprint density at radius 3 is 2.76 bits per heavy atom. The number of carbonyl (C=O) groups is 1. The third-order valence-electron chi connectivity index (χ3n) is 2.47. The van der Waals surface area contributed by atoms with Gasteiger partial charge in [0.25, 0.3) is 0 Å². The lowest BCUT2D eigenvalue weighted by Crippen LogP contribution is -2.29. The zero-order valence-corrected chi connectivity index (χ0v) is 10.1. The molecule has 1 atom stereocenters. The Balaban J connectivity index is 3.13. The van der Waals surface area contributed by atoms with Crippen LogP contribution in [0, 0.1) is 25.2 Å². The molecule has 0 aromatic carbocycles. The first kappa shape index (κ1) is 13.0. The SMILES string of the molecule is CCC(Nc1nc(C)cc(C)c1C#N)C(=O)O. The molecular formula is C12H15N3O2. The number of carboxylic acid groups (broad SMARTS) is 1. The van der Waals surface area contributed by atoms with Gasteiger partial charge in [-0.2, -0.15) is 5.26 Å². The topological polar surface area (TPSA) is 86.0 Å². The van der Waals surface area contributed by atoms with Gasteiger partial charge in [0.05, 0.1) is 5.56 Å². The van der Waals surface area contributed by atoms with E-state index in [1.165, 1.54) is 0 Å². The van der Waals surface area contributed by atoms with E-state index in [9.17, 15) is 4.79 Å². The van der Waals surface area contributed by atoms with Gasteiger partial charge in [0.2, 0.25) is 0 Å². The molecule has 1 aromatic rings. The minimum atomic E-state index is -0.947. The second-order valence-electron chi connectivity index (χ2n) is 3.86. The normalized spacial score (nSPS) is 11.6. The fourth-order valence-corrected chi connectivity index (χ4v) is 1.59. The molecule has 5 heteroatoms. The van der Waals surface area contributed by atoms with Crippen LogP contribution < -0.4 is 5.32 Å². The summed E-state index contributed by atoms with van der Waals surface area (Å²) in [6, 6.07) is 3.11. The minimum absolute atomic E-state index is 0.347. The van der Waals surface area contributed by atoms with E-state index in [1.807, 2.05) is 6.07 Å². The summed E-state index contributed by atoms with van der Waals surface area (Å²) >= 11 is 0. The molecule has 90 valence electrons. The number of rotatable bonds is 4. The third-order valence-corrected chi connectivity index (χ3v) is 2.47. The quantitative estimate of drug-likeness (QED) is 0.828. The number of nitrogens with zero attached hydrogens (tertiary/aromatic N) is 2. The van der Waals surface area contributed by atoms with Gasteiger partial charge in [-0.3, -0.25) is 0 Å². The van der Waals surface area contributed by atoms with Gasteiger partial charge >= 0.3 is 5.97 Å². The van der Waals surface area contributed by atoms with Crippen molar-refractivity contribution in [3.63, 3.8) is 0 Å². The molecule has 0 saturated carbocycles. The molecular weight excluding hydrogens is 218 g/mol. The Morgan fingerprint density at radius 2 is 2.29 bits per heavy atom. The van der Waals surface area contributed by atoms with E-state index in [1.54, 1.807) is 26.8 Å². The summed E-state index contributed by atoms with van der Waals surface area (Å²) in [5, 5.41) is 20.8. The van der Waals surface area contributed by atoms with E-state index < -0.39 is 12.0 Å². The van der Waals surface area contributed by atoms with E-state index in [0.717, 1.165) is 11.3 Å². The van der Waals surface area contributed by atoms with Crippen LogP contribution in [0.1, 0.15) is 30.2 Å². The number of aryl methyl sites for hydroxylation is 2. The highest BCUT2D eigenvalue weighted by molar-refractivity contribution is 5.77. The Labute approximate surface area is 100 Å². The lowest BCUT2D eigenvalue weighted by Gasteiger charge is -2.15. The number of nitrogens with one attached hydrogen (secondary N) is 1. The molecule has 1 rings (SSSR count). The van der Waals surface area contributed by atoms with E-state index >= 15 is 0 Å². The van der Waals surface area contributed by atoms with E-state index in [4.69, 9.17) is 10.4 Å². The van der Waals surface area contributed by atoms with Crippen LogP contribution in [0.4, 0.5) is 5.82 Å². The molecule has 0 radical (unpaired) electrons. The molecule has 0 aliphatic rings. The predicted octanol–water partition coefficient (Wildman–Crippen LogP) is 1.85. The number of anilines is 1. The maximum absolute atomic E-state index is 10.9. The smallest absolute Gasteiger partial charge is 0.326 e. The van der Waals surface area contributed by atoms with Crippen molar-refractivity contribution in [2.45, 2.75) is 33.2 Å². The van der Waals surface area contributed by atoms with Crippen LogP contribution in [-0.2, 0) is 4.79 Å². The first-order chi connectivity index (χ1) is 7.99. The van der Waals surface area contributed by atoms with E-state index in [0.29, 0.717) is 17.8 Å². The second-order valence-corrected chi connectivity index (χ2v) is 3.86. The van der Waals surface area contributed by atoms with E-state index in [2.05, 4.69) is 10.3 Å². The van der Waals surface area contributed by atoms with Crippen molar-refractivity contribution in [1.82, 2.24) is 4.98 Å². The molecule has 0 bridgehead atoms. The number of carboxylic acids is 1. The summed E-state index contributed by atoms with van der Waals surface area (Å²) in [4.78, 5) is 15.1. The summed E-state index contributed by atoms with van der Waals surface area (Å²) in [6.45, 7) is 5.38. The summed E-state index contributed by atoms with van der Waals surface area (Å²) in [5.41, 5.74) is 1.95. The highest BCUT2D eigenvalue weighted by atomic mass is 16.4. The molecule has 0 amide bonds. The average Bonchev–Trinajstić information content (AvgIpc) is 2.24. The number of pyridine rings is 1. The van der Waals surface area contributed by atoms with Gasteiger partial charge in [-0.05, 0) is 31.9 Å². The lowest BCUT2D eigenvalue weighted by atomic mass is 10.1. The maximum atomic E-state index is 10.9. The predicted molar refractivity (Wildman–Crippen MR) is 63.8 cm³/mol. The molecule has 1 aromatic heterocycles. The van der Waals surface area contributed by atoms with E-state index in [-0.39, 0.29) is 0 Å². The number of aromatic nitrogens is 1. The van der Waals surface area contributed by atoms with Gasteiger partial charge in [-0.15, -0.1) is 0 Å². The Hall–Kier alpha value is -2.09. The molecule has 17 heavy (non-hydrogen) atoms. The zero-order chi connectivity index (χ0) is 13.0. The highest BCUT2D eigenvalue weighted by Crippen LogP contribution is 2.18. The second kappa shape index (κ2) is 5.30. The molecule has 0 saturated heterocycles. The molecule has 0 aliphatic carbocycles. The molecule has 0 fully saturated rings. The van der Waals surface area contributed by atoms with Gasteiger partial charge in [-0.1, -0.05) is 6.92 Å². The van der Waals surface area contributed by atoms with Crippen molar-refractivity contribution >= 4 is 11.8 Å². The van der Waals surface area contributed by atoms with Crippen LogP contribution in [0.5, 0.6) is 0 Å². The van der Waals surface area contributed by atoms with Gasteiger partial charge in [0.1, 0.15) is 17.9 Å². The number of hydrogen-bond acceptors (Lipinski definition) is 4. The van der Waals surface area contributed by atoms with Crippen LogP contribution in [0.2, 0.25) is 0 Å². The third kappa shape index (κ3) is 2.94. The van der Waals surface area contributed by atoms with Gasteiger partial charge in [0.15, 0.2) is 0 Å². The van der Waals surface area contributed by atoms with Crippen molar-refractivity contribution in [3.8, 4) is 6.07 Å². The Bertz CT molecular complexity index is 477. The van der Waals surface area contributed by atoms with Gasteiger partial charge in [0, 0.05) is 5.69 Å². The fourth-order valence-electron chi connectivity index (χ4n) is 1.59. The molecule has 0 aliphatic heterocycles. The number of nitriles is 1. The molecule has 0 spiro atoms. The fraction of sp³-hybridized carbons (Fsp3) is 0.417. The van der Waals surface area contributed by atoms with Crippen molar-refractivity contribution in [2.75, 3.05) is 5.32 Å². The van der Waals surface area contributed by atoms with Crippen LogP contribution in [-0.4, -0.2) is 22.1 Å². The monoisotopic (exact) mass is 233 g/mol. The van der Waals surface area contributed by atoms with Gasteiger partial charge in [-0.25, -0.2) is 9.78 Å².